The number of rotatable bonds is 5. The highest BCUT2D eigenvalue weighted by Crippen LogP contribution is 2.76. The second kappa shape index (κ2) is 9.96. The van der Waals surface area contributed by atoms with Crippen molar-refractivity contribution in [1.82, 2.24) is 0 Å². The quantitative estimate of drug-likeness (QED) is 0.168. The first-order valence-electron chi connectivity index (χ1n) is 16.8. The van der Waals surface area contributed by atoms with Crippen molar-refractivity contribution in [2.45, 2.75) is 164 Å². The highest BCUT2D eigenvalue weighted by atomic mass is 32.2. The van der Waals surface area contributed by atoms with Gasteiger partial charge in [-0.15, -0.1) is 23.5 Å². The molecule has 42 heavy (non-hydrogen) atoms. The van der Waals surface area contributed by atoms with Gasteiger partial charge in [-0.1, -0.05) is 48.5 Å². The molecule has 3 aliphatic carbocycles. The van der Waals surface area contributed by atoms with Crippen molar-refractivity contribution in [1.29, 1.82) is 0 Å². The van der Waals surface area contributed by atoms with Gasteiger partial charge in [0.2, 0.25) is 0 Å². The standard InChI is InChI=1S/C34H58O4S2Si2/c1-29(2,3)41(8,9)37-23-13-14-31(7)24(17-23)26(38-42(10,11)30(4,5)6)18-25-28(31)27-19-32(22-35)20-33(21-34(25,32)36-27)39-15-12-16-40-33/h22-24,26-27H,12-21H2,1-11H3/t23-,24-,26-,27-,31-,32+,34+/m0/s1. The number of hydrogen-bond acceptors (Lipinski definition) is 6. The molecule has 2 saturated carbocycles. The summed E-state index contributed by atoms with van der Waals surface area (Å²) in [5.74, 6) is 2.84. The van der Waals surface area contributed by atoms with Crippen molar-refractivity contribution in [2.24, 2.45) is 16.7 Å². The second-order valence-corrected chi connectivity index (χ2v) is 30.8. The van der Waals surface area contributed by atoms with Gasteiger partial charge in [-0.25, -0.2) is 0 Å². The van der Waals surface area contributed by atoms with Crippen LogP contribution in [0.2, 0.25) is 36.3 Å². The van der Waals surface area contributed by atoms with E-state index in [2.05, 4.69) is 98.2 Å². The molecule has 0 N–H and O–H groups in total. The molecule has 0 radical (unpaired) electrons. The summed E-state index contributed by atoms with van der Waals surface area (Å²) in [5.41, 5.74) is 2.33. The third-order valence-corrected chi connectivity index (χ3v) is 25.9. The SMILES string of the molecule is CC(C)(C)[Si](C)(C)O[C@H]1CC[C@]2(C)C3=C(C[C@H](O[Si](C)(C)C(C)(C)C)[C@@H]2C1)[C@]12CC4(C[C@@]1(C=O)C[C@@H]3O2)SCCCS4. The third kappa shape index (κ3) is 4.64. The first-order valence-corrected chi connectivity index (χ1v) is 24.5. The van der Waals surface area contributed by atoms with Crippen LogP contribution in [-0.4, -0.2) is 62.4 Å². The number of fused-ring (bicyclic) bond motifs is 4. The summed E-state index contributed by atoms with van der Waals surface area (Å²) in [6, 6.07) is 0. The van der Waals surface area contributed by atoms with Crippen LogP contribution in [0.5, 0.6) is 0 Å². The van der Waals surface area contributed by atoms with Crippen molar-refractivity contribution >= 4 is 46.4 Å². The van der Waals surface area contributed by atoms with E-state index in [1.807, 2.05) is 0 Å². The lowest BCUT2D eigenvalue weighted by Gasteiger charge is -2.57. The average Bonchev–Trinajstić information content (AvgIpc) is 3.43. The zero-order valence-corrected chi connectivity index (χ0v) is 32.0. The fourth-order valence-electron chi connectivity index (χ4n) is 9.22. The van der Waals surface area contributed by atoms with Gasteiger partial charge >= 0.3 is 0 Å². The molecule has 4 nitrogen and oxygen atoms in total. The van der Waals surface area contributed by atoms with E-state index < -0.39 is 22.2 Å². The Hall–Kier alpha value is 0.424. The molecule has 0 amide bonds. The van der Waals surface area contributed by atoms with Gasteiger partial charge in [0.05, 0.1) is 21.7 Å². The van der Waals surface area contributed by atoms with Gasteiger partial charge in [-0.3, -0.25) is 0 Å². The Balaban J connectivity index is 1.41. The van der Waals surface area contributed by atoms with E-state index in [0.717, 1.165) is 44.9 Å². The van der Waals surface area contributed by atoms with Crippen LogP contribution < -0.4 is 0 Å². The summed E-state index contributed by atoms with van der Waals surface area (Å²) < 4.78 is 22.0. The zero-order valence-electron chi connectivity index (χ0n) is 28.4. The maximum atomic E-state index is 13.2. The first-order chi connectivity index (χ1) is 19.2. The number of hydrogen-bond donors (Lipinski definition) is 0. The maximum Gasteiger partial charge on any atom is 0.192 e. The van der Waals surface area contributed by atoms with Crippen molar-refractivity contribution < 1.29 is 18.4 Å². The number of ether oxygens (including phenoxy) is 1. The topological polar surface area (TPSA) is 44.8 Å². The van der Waals surface area contributed by atoms with Gasteiger partial charge in [0.1, 0.15) is 11.9 Å². The third-order valence-electron chi connectivity index (χ3n) is 13.5. The summed E-state index contributed by atoms with van der Waals surface area (Å²) in [7, 11) is -3.92. The monoisotopic (exact) mass is 650 g/mol. The molecule has 2 saturated heterocycles. The van der Waals surface area contributed by atoms with Crippen LogP contribution in [-0.2, 0) is 18.4 Å². The summed E-state index contributed by atoms with van der Waals surface area (Å²) >= 11 is 4.25. The largest absolute Gasteiger partial charge is 0.414 e. The summed E-state index contributed by atoms with van der Waals surface area (Å²) in [6.07, 6.45) is 10.3. The number of thioether (sulfide) groups is 2. The lowest BCUT2D eigenvalue weighted by atomic mass is 9.51. The normalized spacial score (nSPS) is 41.6. The van der Waals surface area contributed by atoms with E-state index in [4.69, 9.17) is 13.6 Å². The smallest absolute Gasteiger partial charge is 0.192 e. The van der Waals surface area contributed by atoms with Crippen molar-refractivity contribution in [3.63, 3.8) is 0 Å². The molecule has 3 heterocycles. The van der Waals surface area contributed by atoms with E-state index >= 15 is 0 Å². The Kier molecular flexibility index (Phi) is 7.68. The molecule has 8 heteroatoms. The summed E-state index contributed by atoms with van der Waals surface area (Å²) in [5, 5.41) is 0.350. The van der Waals surface area contributed by atoms with E-state index in [0.29, 0.717) is 12.0 Å². The van der Waals surface area contributed by atoms with Crippen LogP contribution >= 0.6 is 23.5 Å². The molecule has 238 valence electrons. The van der Waals surface area contributed by atoms with Gasteiger partial charge in [-0.2, -0.15) is 0 Å². The fourth-order valence-corrected chi connectivity index (χ4v) is 15.7. The molecule has 0 unspecified atom stereocenters. The van der Waals surface area contributed by atoms with Crippen molar-refractivity contribution in [3.8, 4) is 0 Å². The van der Waals surface area contributed by atoms with E-state index in [-0.39, 0.29) is 37.2 Å². The molecule has 0 aromatic rings. The average molecular weight is 651 g/mol. The molecule has 6 aliphatic rings. The minimum absolute atomic E-state index is 0.0414. The van der Waals surface area contributed by atoms with Crippen LogP contribution in [0, 0.1) is 16.7 Å². The predicted octanol–water partition coefficient (Wildman–Crippen LogP) is 9.36. The number of carbonyl (C=O) groups is 1. The van der Waals surface area contributed by atoms with Gasteiger partial charge in [0.25, 0.3) is 0 Å². The molecule has 3 aliphatic heterocycles. The molecule has 0 aromatic heterocycles. The van der Waals surface area contributed by atoms with Gasteiger partial charge in [0.15, 0.2) is 16.6 Å². The molecule has 4 fully saturated rings. The lowest BCUT2D eigenvalue weighted by Crippen LogP contribution is -2.57. The molecule has 0 aromatic carbocycles. The molecule has 6 rings (SSSR count). The minimum atomic E-state index is -2.04. The Labute approximate surface area is 267 Å². The maximum absolute atomic E-state index is 13.2. The van der Waals surface area contributed by atoms with E-state index in [1.165, 1.54) is 29.8 Å². The summed E-state index contributed by atoms with van der Waals surface area (Å²) in [4.78, 5) is 13.2. The van der Waals surface area contributed by atoms with Crippen LogP contribution in [0.4, 0.5) is 0 Å². The van der Waals surface area contributed by atoms with Crippen molar-refractivity contribution in [3.05, 3.63) is 11.1 Å². The molecular weight excluding hydrogens is 593 g/mol. The van der Waals surface area contributed by atoms with Crippen LogP contribution in [0.15, 0.2) is 11.1 Å². The van der Waals surface area contributed by atoms with Crippen LogP contribution in [0.25, 0.3) is 0 Å². The lowest BCUT2D eigenvalue weighted by molar-refractivity contribution is -0.122. The van der Waals surface area contributed by atoms with Gasteiger partial charge in [-0.05, 0) is 115 Å². The van der Waals surface area contributed by atoms with E-state index in [1.54, 1.807) is 5.57 Å². The summed E-state index contributed by atoms with van der Waals surface area (Å²) in [6.45, 7) is 26.4. The highest BCUT2D eigenvalue weighted by molar-refractivity contribution is 8.18. The minimum Gasteiger partial charge on any atom is -0.414 e. The molecule has 2 spiro atoms. The molecule has 2 bridgehead atoms. The Bertz CT molecular complexity index is 1150. The van der Waals surface area contributed by atoms with Crippen molar-refractivity contribution in [2.75, 3.05) is 11.5 Å². The number of carbonyl (C=O) groups excluding carboxylic acids is 1. The Morgan fingerprint density at radius 3 is 2.17 bits per heavy atom. The number of aldehydes is 1. The van der Waals surface area contributed by atoms with Crippen LogP contribution in [0.3, 0.4) is 0 Å². The zero-order chi connectivity index (χ0) is 30.8. The Morgan fingerprint density at radius 1 is 0.952 bits per heavy atom. The fraction of sp³-hybridized carbons (Fsp3) is 0.912. The van der Waals surface area contributed by atoms with Crippen LogP contribution in [0.1, 0.15) is 99.8 Å². The first kappa shape index (κ1) is 32.4. The predicted molar refractivity (Wildman–Crippen MR) is 183 cm³/mol. The Morgan fingerprint density at radius 2 is 1.57 bits per heavy atom. The molecule has 7 atom stereocenters. The van der Waals surface area contributed by atoms with E-state index in [9.17, 15) is 4.79 Å². The van der Waals surface area contributed by atoms with Gasteiger partial charge in [0, 0.05) is 12.5 Å². The molecular formula is C34H58O4S2Si2. The second-order valence-electron chi connectivity index (χ2n) is 18.0. The van der Waals surface area contributed by atoms with Gasteiger partial charge < -0.3 is 18.4 Å². The highest BCUT2D eigenvalue weighted by Gasteiger charge is 2.77.